The van der Waals surface area contributed by atoms with E-state index in [0.717, 1.165) is 5.56 Å². The lowest BCUT2D eigenvalue weighted by Crippen LogP contribution is -2.46. The Morgan fingerprint density at radius 3 is 2.26 bits per heavy atom. The van der Waals surface area contributed by atoms with Gasteiger partial charge in [0.05, 0.1) is 0 Å². The van der Waals surface area contributed by atoms with Gasteiger partial charge in [0, 0.05) is 69.0 Å². The van der Waals surface area contributed by atoms with Gasteiger partial charge in [-0.25, -0.2) is 9.37 Å². The normalized spacial score (nSPS) is 15.5. The van der Waals surface area contributed by atoms with Gasteiger partial charge in [-0.1, -0.05) is 0 Å². The van der Waals surface area contributed by atoms with Gasteiger partial charge in [-0.05, 0) is 31.2 Å². The van der Waals surface area contributed by atoms with Crippen LogP contribution in [-0.2, 0) is 19.8 Å². The van der Waals surface area contributed by atoms with E-state index in [0.29, 0.717) is 43.4 Å². The van der Waals surface area contributed by atoms with Crippen LogP contribution >= 0.6 is 0 Å². The summed E-state index contributed by atoms with van der Waals surface area (Å²) in [6.45, 7) is 4.17. The zero-order valence-electron chi connectivity index (χ0n) is 17.2. The van der Waals surface area contributed by atoms with Gasteiger partial charge in [-0.15, -0.1) is 0 Å². The Labute approximate surface area is 177 Å². The molecule has 0 atom stereocenters. The van der Waals surface area contributed by atoms with E-state index in [4.69, 9.17) is 0 Å². The molecule has 0 unspecified atom stereocenters. The van der Waals surface area contributed by atoms with E-state index in [-0.39, 0.29) is 17.9 Å². The average Bonchev–Trinajstić information content (AvgIpc) is 3.04. The number of alkyl halides is 3. The molecule has 31 heavy (non-hydrogen) atoms. The van der Waals surface area contributed by atoms with Crippen molar-refractivity contribution in [3.8, 4) is 11.3 Å². The molecule has 4 rings (SSSR count). The molecule has 3 heterocycles. The standard InChI is InChI=1S/C21H22F4N6/c1-14-17(19(21(23,24)25)28-29(14)2)13-30-9-11-31(12-10-30)20-18(26-7-8-27-20)15-3-5-16(22)6-4-15/h3-8H,9-13H2,1-2H3. The van der Waals surface area contributed by atoms with Gasteiger partial charge in [0.25, 0.3) is 0 Å². The zero-order valence-corrected chi connectivity index (χ0v) is 17.2. The maximum absolute atomic E-state index is 13.4. The van der Waals surface area contributed by atoms with Gasteiger partial charge in [-0.3, -0.25) is 14.6 Å². The van der Waals surface area contributed by atoms with Crippen LogP contribution in [0, 0.1) is 12.7 Å². The zero-order chi connectivity index (χ0) is 22.2. The monoisotopic (exact) mass is 434 g/mol. The number of aryl methyl sites for hydroxylation is 1. The first-order valence-electron chi connectivity index (χ1n) is 9.88. The molecule has 1 saturated heterocycles. The molecule has 0 amide bonds. The average molecular weight is 434 g/mol. The van der Waals surface area contributed by atoms with E-state index in [1.165, 1.54) is 23.9 Å². The van der Waals surface area contributed by atoms with Crippen molar-refractivity contribution in [3.63, 3.8) is 0 Å². The predicted molar refractivity (Wildman–Crippen MR) is 108 cm³/mol. The van der Waals surface area contributed by atoms with Crippen LogP contribution in [-0.4, -0.2) is 50.8 Å². The highest BCUT2D eigenvalue weighted by Crippen LogP contribution is 2.33. The number of aromatic nitrogens is 4. The number of hydrogen-bond acceptors (Lipinski definition) is 5. The minimum atomic E-state index is -4.48. The van der Waals surface area contributed by atoms with Crippen LogP contribution in [0.15, 0.2) is 36.7 Å². The Kier molecular flexibility index (Phi) is 5.65. The second-order valence-corrected chi connectivity index (χ2v) is 7.53. The van der Waals surface area contributed by atoms with Gasteiger partial charge in [0.15, 0.2) is 11.5 Å². The second-order valence-electron chi connectivity index (χ2n) is 7.53. The van der Waals surface area contributed by atoms with Crippen LogP contribution in [0.25, 0.3) is 11.3 Å². The summed E-state index contributed by atoms with van der Waals surface area (Å²) in [7, 11) is 1.52. The van der Waals surface area contributed by atoms with Crippen LogP contribution in [0.4, 0.5) is 23.4 Å². The van der Waals surface area contributed by atoms with Crippen LogP contribution in [0.2, 0.25) is 0 Å². The summed E-state index contributed by atoms with van der Waals surface area (Å²) in [5.74, 6) is 0.356. The molecule has 0 radical (unpaired) electrons. The van der Waals surface area contributed by atoms with Crippen molar-refractivity contribution < 1.29 is 17.6 Å². The van der Waals surface area contributed by atoms with Gasteiger partial charge < -0.3 is 4.90 Å². The Bertz CT molecular complexity index is 1050. The summed E-state index contributed by atoms with van der Waals surface area (Å²) in [4.78, 5) is 12.9. The molecular weight excluding hydrogens is 412 g/mol. The first-order valence-corrected chi connectivity index (χ1v) is 9.88. The first-order chi connectivity index (χ1) is 14.7. The summed E-state index contributed by atoms with van der Waals surface area (Å²) >= 11 is 0. The van der Waals surface area contributed by atoms with E-state index < -0.39 is 11.9 Å². The van der Waals surface area contributed by atoms with E-state index in [1.807, 2.05) is 4.90 Å². The minimum absolute atomic E-state index is 0.188. The number of halogens is 4. The molecule has 0 aliphatic carbocycles. The van der Waals surface area contributed by atoms with E-state index >= 15 is 0 Å². The molecule has 1 aliphatic rings. The third kappa shape index (κ3) is 4.39. The molecule has 6 nitrogen and oxygen atoms in total. The SMILES string of the molecule is Cc1c(CN2CCN(c3nccnc3-c3ccc(F)cc3)CC2)c(C(F)(F)F)nn1C. The quantitative estimate of drug-likeness (QED) is 0.587. The van der Waals surface area contributed by atoms with E-state index in [9.17, 15) is 17.6 Å². The number of benzene rings is 1. The smallest absolute Gasteiger partial charge is 0.352 e. The molecule has 10 heteroatoms. The Balaban J connectivity index is 1.49. The summed E-state index contributed by atoms with van der Waals surface area (Å²) in [6.07, 6.45) is -1.29. The molecule has 164 valence electrons. The fraction of sp³-hybridized carbons (Fsp3) is 0.381. The van der Waals surface area contributed by atoms with Crippen molar-refractivity contribution in [1.29, 1.82) is 0 Å². The molecule has 2 aromatic heterocycles. The third-order valence-corrected chi connectivity index (χ3v) is 5.58. The molecular formula is C21H22F4N6. The highest BCUT2D eigenvalue weighted by molar-refractivity contribution is 5.72. The predicted octanol–water partition coefficient (Wildman–Crippen LogP) is 3.67. The van der Waals surface area contributed by atoms with E-state index in [2.05, 4.69) is 20.0 Å². The van der Waals surface area contributed by atoms with Crippen molar-refractivity contribution in [2.24, 2.45) is 7.05 Å². The molecule has 1 aromatic carbocycles. The third-order valence-electron chi connectivity index (χ3n) is 5.58. The number of hydrogen-bond donors (Lipinski definition) is 0. The number of rotatable bonds is 4. The fourth-order valence-corrected chi connectivity index (χ4v) is 3.78. The highest BCUT2D eigenvalue weighted by Gasteiger charge is 2.38. The van der Waals surface area contributed by atoms with Crippen LogP contribution < -0.4 is 4.90 Å². The molecule has 3 aromatic rings. The first kappa shape index (κ1) is 21.2. The molecule has 0 bridgehead atoms. The van der Waals surface area contributed by atoms with Crippen LogP contribution in [0.3, 0.4) is 0 Å². The second kappa shape index (κ2) is 8.26. The van der Waals surface area contributed by atoms with Crippen LogP contribution in [0.5, 0.6) is 0 Å². The van der Waals surface area contributed by atoms with Crippen LogP contribution in [0.1, 0.15) is 17.0 Å². The molecule has 1 aliphatic heterocycles. The highest BCUT2D eigenvalue weighted by atomic mass is 19.4. The van der Waals surface area contributed by atoms with Crippen molar-refractivity contribution in [3.05, 3.63) is 59.4 Å². The lowest BCUT2D eigenvalue weighted by molar-refractivity contribution is -0.142. The largest absolute Gasteiger partial charge is 0.435 e. The van der Waals surface area contributed by atoms with Gasteiger partial charge >= 0.3 is 6.18 Å². The number of piperazine rings is 1. The Morgan fingerprint density at radius 1 is 0.968 bits per heavy atom. The van der Waals surface area contributed by atoms with Crippen molar-refractivity contribution in [2.45, 2.75) is 19.6 Å². The van der Waals surface area contributed by atoms with Gasteiger partial charge in [0.2, 0.25) is 0 Å². The summed E-state index contributed by atoms with van der Waals surface area (Å²) in [6, 6.07) is 6.06. The number of nitrogens with zero attached hydrogens (tertiary/aromatic N) is 6. The maximum atomic E-state index is 13.4. The summed E-state index contributed by atoms with van der Waals surface area (Å²) in [5.41, 5.74) is 1.32. The summed E-state index contributed by atoms with van der Waals surface area (Å²) in [5, 5.41) is 3.67. The fourth-order valence-electron chi connectivity index (χ4n) is 3.78. The Morgan fingerprint density at radius 2 is 1.61 bits per heavy atom. The lowest BCUT2D eigenvalue weighted by Gasteiger charge is -2.36. The molecule has 0 saturated carbocycles. The minimum Gasteiger partial charge on any atom is -0.352 e. The van der Waals surface area contributed by atoms with Crippen molar-refractivity contribution in [2.75, 3.05) is 31.1 Å². The van der Waals surface area contributed by atoms with Gasteiger partial charge in [-0.2, -0.15) is 18.3 Å². The summed E-state index contributed by atoms with van der Waals surface area (Å²) < 4.78 is 54.7. The molecule has 1 fully saturated rings. The topological polar surface area (TPSA) is 50.1 Å². The van der Waals surface area contributed by atoms with E-state index in [1.54, 1.807) is 31.5 Å². The van der Waals surface area contributed by atoms with Crippen molar-refractivity contribution >= 4 is 5.82 Å². The van der Waals surface area contributed by atoms with Gasteiger partial charge in [0.1, 0.15) is 11.5 Å². The lowest BCUT2D eigenvalue weighted by atomic mass is 10.1. The molecule has 0 spiro atoms. The number of anilines is 1. The van der Waals surface area contributed by atoms with Crippen molar-refractivity contribution in [1.82, 2.24) is 24.6 Å². The Hall–Kier alpha value is -3.01. The maximum Gasteiger partial charge on any atom is 0.435 e. The molecule has 0 N–H and O–H groups in total.